The second-order valence-corrected chi connectivity index (χ2v) is 3.71. The summed E-state index contributed by atoms with van der Waals surface area (Å²) in [6.07, 6.45) is 1.84. The highest BCUT2D eigenvalue weighted by Crippen LogP contribution is 2.30. The number of benzene rings is 1. The number of fused-ring (bicyclic) bond motifs is 1. The topological polar surface area (TPSA) is 29.5 Å². The Morgan fingerprint density at radius 2 is 2.07 bits per heavy atom. The molecule has 0 aliphatic carbocycles. The first-order valence-corrected chi connectivity index (χ1v) is 4.82. The van der Waals surface area contributed by atoms with Gasteiger partial charge < -0.3 is 9.64 Å². The van der Waals surface area contributed by atoms with Crippen LogP contribution in [0.2, 0.25) is 0 Å². The number of para-hydroxylation sites is 1. The fraction of sp³-hybridized carbons (Fsp3) is 0.250. The minimum absolute atomic E-state index is 0.0300. The van der Waals surface area contributed by atoms with Crippen LogP contribution in [0, 0.1) is 0 Å². The molecule has 0 amide bonds. The van der Waals surface area contributed by atoms with E-state index in [1.165, 1.54) is 0 Å². The Bertz CT molecular complexity index is 421. The van der Waals surface area contributed by atoms with Gasteiger partial charge in [0.2, 0.25) is 5.78 Å². The number of hydrogen-bond acceptors (Lipinski definition) is 3. The van der Waals surface area contributed by atoms with Crippen LogP contribution >= 0.6 is 0 Å². The molecule has 0 unspecified atom stereocenters. The van der Waals surface area contributed by atoms with Crippen molar-refractivity contribution in [2.24, 2.45) is 0 Å². The molecule has 15 heavy (non-hydrogen) atoms. The maximum atomic E-state index is 11.7. The number of ether oxygens (including phenoxy) is 1. The first-order valence-electron chi connectivity index (χ1n) is 4.82. The van der Waals surface area contributed by atoms with Gasteiger partial charge in [0.1, 0.15) is 5.75 Å². The Morgan fingerprint density at radius 3 is 2.80 bits per heavy atom. The van der Waals surface area contributed by atoms with E-state index < -0.39 is 0 Å². The van der Waals surface area contributed by atoms with Crippen molar-refractivity contribution in [1.82, 2.24) is 4.90 Å². The van der Waals surface area contributed by atoms with E-state index in [0.717, 1.165) is 16.9 Å². The number of hydrogen-bond donors (Lipinski definition) is 0. The second kappa shape index (κ2) is 3.77. The van der Waals surface area contributed by atoms with Crippen LogP contribution in [0.4, 0.5) is 0 Å². The van der Waals surface area contributed by atoms with E-state index in [0.29, 0.717) is 0 Å². The zero-order valence-corrected chi connectivity index (χ0v) is 8.86. The monoisotopic (exact) mass is 203 g/mol. The molecule has 1 aliphatic heterocycles. The van der Waals surface area contributed by atoms with Crippen LogP contribution in [0.5, 0.6) is 5.75 Å². The van der Waals surface area contributed by atoms with Crippen LogP contribution < -0.4 is 4.74 Å². The smallest absolute Gasteiger partial charge is 0.202 e. The van der Waals surface area contributed by atoms with E-state index in [-0.39, 0.29) is 12.4 Å². The van der Waals surface area contributed by atoms with Crippen LogP contribution in [0.15, 0.2) is 30.5 Å². The van der Waals surface area contributed by atoms with Gasteiger partial charge in [-0.2, -0.15) is 0 Å². The van der Waals surface area contributed by atoms with Crippen molar-refractivity contribution in [2.45, 2.75) is 0 Å². The zero-order chi connectivity index (χ0) is 10.8. The summed E-state index contributed by atoms with van der Waals surface area (Å²) in [6, 6.07) is 7.60. The highest BCUT2D eigenvalue weighted by atomic mass is 16.5. The molecule has 2 rings (SSSR count). The Morgan fingerprint density at radius 1 is 1.33 bits per heavy atom. The SMILES string of the molecule is CN(C)/C=C1/C(=O)COc2ccccc21. The van der Waals surface area contributed by atoms with Gasteiger partial charge >= 0.3 is 0 Å². The molecule has 0 radical (unpaired) electrons. The highest BCUT2D eigenvalue weighted by Gasteiger charge is 2.22. The van der Waals surface area contributed by atoms with E-state index in [2.05, 4.69) is 0 Å². The Balaban J connectivity index is 2.51. The van der Waals surface area contributed by atoms with Gasteiger partial charge in [-0.15, -0.1) is 0 Å². The van der Waals surface area contributed by atoms with E-state index in [4.69, 9.17) is 4.74 Å². The molecule has 3 heteroatoms. The molecule has 1 aromatic carbocycles. The van der Waals surface area contributed by atoms with Gasteiger partial charge in [-0.1, -0.05) is 18.2 Å². The number of Topliss-reactive ketones (excluding diaryl/α,β-unsaturated/α-hetero) is 1. The first kappa shape index (κ1) is 9.77. The first-order chi connectivity index (χ1) is 7.18. The van der Waals surface area contributed by atoms with Crippen molar-refractivity contribution in [2.75, 3.05) is 20.7 Å². The van der Waals surface area contributed by atoms with E-state index in [1.807, 2.05) is 49.5 Å². The van der Waals surface area contributed by atoms with Crippen molar-refractivity contribution in [3.8, 4) is 5.75 Å². The zero-order valence-electron chi connectivity index (χ0n) is 8.86. The molecule has 0 N–H and O–H groups in total. The van der Waals surface area contributed by atoms with Gasteiger partial charge in [0.15, 0.2) is 6.61 Å². The van der Waals surface area contributed by atoms with Crippen LogP contribution in [-0.2, 0) is 4.79 Å². The van der Waals surface area contributed by atoms with E-state index >= 15 is 0 Å². The summed E-state index contributed by atoms with van der Waals surface area (Å²) >= 11 is 0. The normalized spacial score (nSPS) is 17.2. The summed E-state index contributed by atoms with van der Waals surface area (Å²) in [5.74, 6) is 0.813. The predicted octanol–water partition coefficient (Wildman–Crippen LogP) is 1.55. The summed E-state index contributed by atoms with van der Waals surface area (Å²) in [5, 5.41) is 0. The van der Waals surface area contributed by atoms with Gasteiger partial charge in [0.25, 0.3) is 0 Å². The van der Waals surface area contributed by atoms with E-state index in [9.17, 15) is 4.79 Å². The molecule has 1 aliphatic rings. The Labute approximate surface area is 89.0 Å². The number of carbonyl (C=O) groups is 1. The second-order valence-electron chi connectivity index (χ2n) is 3.71. The van der Waals surface area contributed by atoms with Crippen LogP contribution in [0.25, 0.3) is 5.57 Å². The summed E-state index contributed by atoms with van der Waals surface area (Å²) < 4.78 is 5.34. The lowest BCUT2D eigenvalue weighted by Gasteiger charge is -2.20. The quantitative estimate of drug-likeness (QED) is 0.648. The number of ketones is 1. The molecule has 1 aromatic rings. The molecule has 1 heterocycles. The largest absolute Gasteiger partial charge is 0.485 e. The summed E-state index contributed by atoms with van der Waals surface area (Å²) in [7, 11) is 3.80. The van der Waals surface area contributed by atoms with Gasteiger partial charge in [0, 0.05) is 31.4 Å². The maximum Gasteiger partial charge on any atom is 0.202 e. The fourth-order valence-electron chi connectivity index (χ4n) is 1.59. The average molecular weight is 203 g/mol. The summed E-state index contributed by atoms with van der Waals surface area (Å²) in [4.78, 5) is 13.5. The number of rotatable bonds is 1. The molecular formula is C12H13NO2. The van der Waals surface area contributed by atoms with Crippen LogP contribution in [0.3, 0.4) is 0 Å². The Hall–Kier alpha value is -1.77. The molecule has 0 saturated heterocycles. The third-order valence-corrected chi connectivity index (χ3v) is 2.22. The maximum absolute atomic E-state index is 11.7. The van der Waals surface area contributed by atoms with E-state index in [1.54, 1.807) is 0 Å². The molecule has 78 valence electrons. The summed E-state index contributed by atoms with van der Waals surface area (Å²) in [5.41, 5.74) is 1.60. The van der Waals surface area contributed by atoms with Crippen molar-refractivity contribution in [3.63, 3.8) is 0 Å². The predicted molar refractivity (Wildman–Crippen MR) is 58.6 cm³/mol. The lowest BCUT2D eigenvalue weighted by Crippen LogP contribution is -2.21. The third-order valence-electron chi connectivity index (χ3n) is 2.22. The molecule has 0 saturated carbocycles. The number of carbonyl (C=O) groups excluding carboxylic acids is 1. The van der Waals surface area contributed by atoms with Crippen LogP contribution in [0.1, 0.15) is 5.56 Å². The minimum atomic E-state index is 0.0300. The fourth-order valence-corrected chi connectivity index (χ4v) is 1.59. The average Bonchev–Trinajstić information content (AvgIpc) is 2.22. The molecule has 0 fully saturated rings. The minimum Gasteiger partial charge on any atom is -0.485 e. The molecule has 0 bridgehead atoms. The van der Waals surface area contributed by atoms with Gasteiger partial charge in [0.05, 0.1) is 0 Å². The highest BCUT2D eigenvalue weighted by molar-refractivity contribution is 6.23. The lowest BCUT2D eigenvalue weighted by molar-refractivity contribution is -0.116. The summed E-state index contributed by atoms with van der Waals surface area (Å²) in [6.45, 7) is 0.136. The molecule has 0 aromatic heterocycles. The van der Waals surface area contributed by atoms with Gasteiger partial charge in [-0.25, -0.2) is 0 Å². The lowest BCUT2D eigenvalue weighted by atomic mass is 10.00. The number of nitrogens with zero attached hydrogens (tertiary/aromatic N) is 1. The Kier molecular flexibility index (Phi) is 2.46. The molecule has 0 atom stereocenters. The molecule has 0 spiro atoms. The van der Waals surface area contributed by atoms with Crippen LogP contribution in [-0.4, -0.2) is 31.4 Å². The molecular weight excluding hydrogens is 190 g/mol. The van der Waals surface area contributed by atoms with Gasteiger partial charge in [-0.05, 0) is 6.07 Å². The van der Waals surface area contributed by atoms with Crippen molar-refractivity contribution in [3.05, 3.63) is 36.0 Å². The van der Waals surface area contributed by atoms with Crippen molar-refractivity contribution >= 4 is 11.4 Å². The van der Waals surface area contributed by atoms with Crippen molar-refractivity contribution in [1.29, 1.82) is 0 Å². The van der Waals surface area contributed by atoms with Gasteiger partial charge in [-0.3, -0.25) is 4.79 Å². The standard InChI is InChI=1S/C12H13NO2/c1-13(2)7-10-9-5-3-4-6-12(9)15-8-11(10)14/h3-7H,8H2,1-2H3/b10-7+. The third kappa shape index (κ3) is 1.86. The molecule has 3 nitrogen and oxygen atoms in total. The van der Waals surface area contributed by atoms with Crippen molar-refractivity contribution < 1.29 is 9.53 Å².